The maximum Gasteiger partial charge on any atom is 0.410 e. The second-order valence-corrected chi connectivity index (χ2v) is 16.2. The molecule has 0 saturated heterocycles. The second-order valence-electron chi connectivity index (χ2n) is 16.2. The van der Waals surface area contributed by atoms with Gasteiger partial charge >= 0.3 is 6.09 Å². The number of oxime groups is 1. The quantitative estimate of drug-likeness (QED) is 0.0566. The summed E-state index contributed by atoms with van der Waals surface area (Å²) in [5, 5.41) is 24.5. The molecule has 2 N–H and O–H groups in total. The first-order valence-electron chi connectivity index (χ1n) is 21.6. The highest BCUT2D eigenvalue weighted by Gasteiger charge is 2.65. The minimum absolute atomic E-state index is 0.0479. The lowest BCUT2D eigenvalue weighted by Crippen LogP contribution is -2.70. The number of amides is 1. The van der Waals surface area contributed by atoms with Crippen LogP contribution in [0.3, 0.4) is 0 Å². The third kappa shape index (κ3) is 8.64. The van der Waals surface area contributed by atoms with Crippen LogP contribution in [0.5, 0.6) is 28.7 Å². The number of benzene rings is 4. The molecule has 4 aromatic carbocycles. The summed E-state index contributed by atoms with van der Waals surface area (Å²) in [6.45, 7) is 4.61. The Labute approximate surface area is 363 Å². The Bertz CT molecular complexity index is 2240. The van der Waals surface area contributed by atoms with E-state index in [4.69, 9.17) is 33.3 Å². The van der Waals surface area contributed by atoms with Crippen molar-refractivity contribution in [3.63, 3.8) is 0 Å². The van der Waals surface area contributed by atoms with Gasteiger partial charge in [-0.2, -0.15) is 0 Å². The first-order valence-corrected chi connectivity index (χ1v) is 21.6. The molecule has 6 unspecified atom stereocenters. The minimum atomic E-state index is -1.45. The molecule has 0 radical (unpaired) electrons. The SMILES string of the molecule is C=CCOC12Oc3ccc(Oc4ccc(-c5ccccc5)cc4)cc3C3C(CCCCO)C(CCCCO)C=C(C(=NOC)CC1N(Cc1ccc4c(c1)OCO4)C(=O)OC)C32. The lowest BCUT2D eigenvalue weighted by molar-refractivity contribution is -0.256. The van der Waals surface area contributed by atoms with Crippen LogP contribution in [-0.4, -0.2) is 79.6 Å². The number of carbonyl (C=O) groups excluding carboxylic acids is 1. The fourth-order valence-corrected chi connectivity index (χ4v) is 9.96. The fraction of sp³-hybridized carbons (Fsp3) is 0.400. The molecule has 0 aromatic heterocycles. The van der Waals surface area contributed by atoms with Crippen LogP contribution in [0.25, 0.3) is 11.1 Å². The molecule has 62 heavy (non-hydrogen) atoms. The number of hydrogen-bond acceptors (Lipinski definition) is 11. The maximum absolute atomic E-state index is 14.2. The monoisotopic (exact) mass is 844 g/mol. The summed E-state index contributed by atoms with van der Waals surface area (Å²) in [6, 6.07) is 29.1. The molecular weight excluding hydrogens is 789 g/mol. The van der Waals surface area contributed by atoms with Crippen molar-refractivity contribution in [3.8, 4) is 39.9 Å². The lowest BCUT2D eigenvalue weighted by atomic mass is 9.55. The van der Waals surface area contributed by atoms with Gasteiger partial charge in [-0.15, -0.1) is 6.58 Å². The van der Waals surface area contributed by atoms with Gasteiger partial charge in [-0.05, 0) is 102 Å². The van der Waals surface area contributed by atoms with Gasteiger partial charge in [-0.3, -0.25) is 4.90 Å². The van der Waals surface area contributed by atoms with E-state index in [0.717, 1.165) is 53.5 Å². The van der Waals surface area contributed by atoms with Crippen molar-refractivity contribution in [2.75, 3.05) is 40.8 Å². The van der Waals surface area contributed by atoms with Crippen molar-refractivity contribution in [1.82, 2.24) is 4.90 Å². The molecule has 2 aliphatic carbocycles. The molecule has 1 saturated carbocycles. The number of fused-ring (bicyclic) bond motifs is 3. The van der Waals surface area contributed by atoms with Gasteiger partial charge in [0.05, 0.1) is 25.3 Å². The van der Waals surface area contributed by atoms with E-state index < -0.39 is 23.8 Å². The van der Waals surface area contributed by atoms with E-state index in [0.29, 0.717) is 47.3 Å². The van der Waals surface area contributed by atoms with Crippen LogP contribution < -0.4 is 18.9 Å². The Morgan fingerprint density at radius 3 is 2.34 bits per heavy atom. The summed E-state index contributed by atoms with van der Waals surface area (Å²) < 4.78 is 37.8. The van der Waals surface area contributed by atoms with E-state index >= 15 is 0 Å². The first-order chi connectivity index (χ1) is 30.4. The standard InChI is InChI=1S/C50H56N2O10/c1-4-26-60-50-46(52(49(55)56-2)31-33-16-22-44-45(27-33)59-32-58-44)30-42(51-57-3)40-28-36(14-8-10-24-53)39(15-9-11-25-54)47(48(40)50)41-29-38(21-23-43(41)62-50)61-37-19-17-35(18-20-37)34-12-6-5-7-13-34/h4-7,12-13,16-23,27-29,36,39,46-48,53-54H,1,8-11,14-15,24-26,30-32H2,2-3H3. The van der Waals surface area contributed by atoms with Crippen LogP contribution in [0.4, 0.5) is 4.79 Å². The van der Waals surface area contributed by atoms with Crippen LogP contribution in [0.2, 0.25) is 0 Å². The lowest BCUT2D eigenvalue weighted by Gasteiger charge is -2.59. The van der Waals surface area contributed by atoms with Gasteiger partial charge in [0.15, 0.2) is 11.5 Å². The summed E-state index contributed by atoms with van der Waals surface area (Å²) in [5.74, 6) is 1.17. The van der Waals surface area contributed by atoms with Gasteiger partial charge in [0.2, 0.25) is 12.6 Å². The van der Waals surface area contributed by atoms with Gasteiger partial charge in [-0.25, -0.2) is 4.79 Å². The van der Waals surface area contributed by atoms with E-state index in [9.17, 15) is 15.0 Å². The summed E-state index contributed by atoms with van der Waals surface area (Å²) in [7, 11) is 2.90. The smallest absolute Gasteiger partial charge is 0.410 e. The molecule has 1 fully saturated rings. The molecule has 4 aromatic rings. The van der Waals surface area contributed by atoms with Crippen LogP contribution in [0, 0.1) is 17.8 Å². The average molecular weight is 845 g/mol. The summed E-state index contributed by atoms with van der Waals surface area (Å²) in [4.78, 5) is 21.5. The number of methoxy groups -OCH3 is 1. The van der Waals surface area contributed by atoms with Crippen molar-refractivity contribution in [2.24, 2.45) is 22.9 Å². The second kappa shape index (κ2) is 19.5. The number of ether oxygens (including phenoxy) is 6. The molecular formula is C50H56N2O10. The Morgan fingerprint density at radius 2 is 1.60 bits per heavy atom. The zero-order valence-corrected chi connectivity index (χ0v) is 35.4. The van der Waals surface area contributed by atoms with Gasteiger partial charge in [-0.1, -0.05) is 78.7 Å². The number of rotatable bonds is 18. The molecule has 2 aliphatic heterocycles. The first kappa shape index (κ1) is 42.9. The highest BCUT2D eigenvalue weighted by molar-refractivity contribution is 6.03. The largest absolute Gasteiger partial charge is 0.459 e. The minimum Gasteiger partial charge on any atom is -0.459 e. The molecule has 6 atom stereocenters. The van der Waals surface area contributed by atoms with Gasteiger partial charge in [0.25, 0.3) is 0 Å². The Morgan fingerprint density at radius 1 is 0.871 bits per heavy atom. The zero-order chi connectivity index (χ0) is 43.1. The third-order valence-electron chi connectivity index (χ3n) is 12.6. The van der Waals surface area contributed by atoms with Crippen LogP contribution in [0.1, 0.15) is 62.0 Å². The number of aliphatic hydroxyl groups excluding tert-OH is 2. The topological polar surface area (TPSA) is 138 Å². The Balaban J connectivity index is 1.27. The zero-order valence-electron chi connectivity index (χ0n) is 35.4. The van der Waals surface area contributed by atoms with E-state index in [1.165, 1.54) is 14.2 Å². The van der Waals surface area contributed by atoms with Crippen molar-refractivity contribution < 1.29 is 48.3 Å². The van der Waals surface area contributed by atoms with Crippen molar-refractivity contribution in [2.45, 2.75) is 69.2 Å². The molecule has 4 aliphatic rings. The fourth-order valence-electron chi connectivity index (χ4n) is 9.96. The van der Waals surface area contributed by atoms with Gasteiger partial charge < -0.3 is 43.5 Å². The summed E-state index contributed by atoms with van der Waals surface area (Å²) in [5.41, 5.74) is 5.58. The molecule has 2 heterocycles. The third-order valence-corrected chi connectivity index (χ3v) is 12.6. The number of allylic oxidation sites excluding steroid dienone is 1. The number of aliphatic hydroxyl groups is 2. The van der Waals surface area contributed by atoms with Crippen molar-refractivity contribution >= 4 is 11.8 Å². The van der Waals surface area contributed by atoms with Crippen LogP contribution in [-0.2, 0) is 20.9 Å². The maximum atomic E-state index is 14.2. The van der Waals surface area contributed by atoms with E-state index in [2.05, 4.69) is 48.1 Å². The van der Waals surface area contributed by atoms with Gasteiger partial charge in [0.1, 0.15) is 30.4 Å². The molecule has 1 amide bonds. The molecule has 8 rings (SSSR count). The Hall–Kier alpha value is -5.82. The predicted octanol–water partition coefficient (Wildman–Crippen LogP) is 9.41. The number of nitrogens with zero attached hydrogens (tertiary/aromatic N) is 2. The molecule has 12 heteroatoms. The van der Waals surface area contributed by atoms with Crippen molar-refractivity contribution in [1.29, 1.82) is 0 Å². The molecule has 0 bridgehead atoms. The normalized spacial score (nSPS) is 23.6. The number of hydrogen-bond donors (Lipinski definition) is 2. The number of unbranched alkanes of at least 4 members (excludes halogenated alkanes) is 2. The highest BCUT2D eigenvalue weighted by atomic mass is 16.7. The van der Waals surface area contributed by atoms with Crippen LogP contribution in [0.15, 0.2) is 120 Å². The van der Waals surface area contributed by atoms with Crippen LogP contribution >= 0.6 is 0 Å². The Kier molecular flexibility index (Phi) is 13.5. The van der Waals surface area contributed by atoms with Gasteiger partial charge in [0, 0.05) is 37.7 Å². The highest BCUT2D eigenvalue weighted by Crippen LogP contribution is 2.62. The molecule has 12 nitrogen and oxygen atoms in total. The van der Waals surface area contributed by atoms with Crippen molar-refractivity contribution in [3.05, 3.63) is 126 Å². The number of carbonyl (C=O) groups is 1. The summed E-state index contributed by atoms with van der Waals surface area (Å²) >= 11 is 0. The van der Waals surface area contributed by atoms with E-state index in [-0.39, 0.29) is 57.3 Å². The predicted molar refractivity (Wildman–Crippen MR) is 234 cm³/mol. The molecule has 0 spiro atoms. The summed E-state index contributed by atoms with van der Waals surface area (Å²) in [6.07, 6.45) is 8.27. The molecule has 326 valence electrons. The van der Waals surface area contributed by atoms with E-state index in [1.54, 1.807) is 11.0 Å². The van der Waals surface area contributed by atoms with E-state index in [1.807, 2.05) is 60.7 Å². The average Bonchev–Trinajstić information content (AvgIpc) is 3.78.